The van der Waals surface area contributed by atoms with Crippen LogP contribution in [-0.2, 0) is 22.6 Å². The molecule has 1 aromatic carbocycles. The van der Waals surface area contributed by atoms with E-state index in [9.17, 15) is 9.59 Å². The Kier molecular flexibility index (Phi) is 5.96. The van der Waals surface area contributed by atoms with Gasteiger partial charge in [0.2, 0.25) is 5.91 Å². The first-order valence-electron chi connectivity index (χ1n) is 7.72. The van der Waals surface area contributed by atoms with E-state index >= 15 is 0 Å². The van der Waals surface area contributed by atoms with Gasteiger partial charge in [0, 0.05) is 18.4 Å². The van der Waals surface area contributed by atoms with Gasteiger partial charge in [0.25, 0.3) is 5.56 Å². The number of halogens is 1. The molecule has 0 spiro atoms. The van der Waals surface area contributed by atoms with Gasteiger partial charge < -0.3 is 10.1 Å². The third-order valence-corrected chi connectivity index (χ3v) is 4.48. The zero-order valence-corrected chi connectivity index (χ0v) is 14.9. The maximum atomic E-state index is 12.5. The standard InChI is InChI=1S/C17H22ClN3O3/c1-17(2,11-18)16(23)19-10-14-12-6-4-5-7-13(12)15(22)21(20-14)8-9-24-3/h4-7H,8-11H2,1-3H3,(H,19,23). The van der Waals surface area contributed by atoms with Crippen molar-refractivity contribution in [2.75, 3.05) is 19.6 Å². The van der Waals surface area contributed by atoms with Gasteiger partial charge in [-0.05, 0) is 19.9 Å². The van der Waals surface area contributed by atoms with Crippen LogP contribution in [0.25, 0.3) is 10.8 Å². The number of fused-ring (bicyclic) bond motifs is 1. The molecule has 0 aliphatic heterocycles. The summed E-state index contributed by atoms with van der Waals surface area (Å²) in [6.07, 6.45) is 0. The molecule has 24 heavy (non-hydrogen) atoms. The number of hydrogen-bond donors (Lipinski definition) is 1. The number of methoxy groups -OCH3 is 1. The molecule has 7 heteroatoms. The summed E-state index contributed by atoms with van der Waals surface area (Å²) in [6.45, 7) is 4.53. The number of alkyl halides is 1. The van der Waals surface area contributed by atoms with Crippen LogP contribution in [0.4, 0.5) is 0 Å². The lowest BCUT2D eigenvalue weighted by molar-refractivity contribution is -0.128. The maximum absolute atomic E-state index is 12.5. The molecule has 0 bridgehead atoms. The summed E-state index contributed by atoms with van der Waals surface area (Å²) in [6, 6.07) is 7.25. The number of ether oxygens (including phenoxy) is 1. The van der Waals surface area contributed by atoms with Crippen molar-refractivity contribution in [3.63, 3.8) is 0 Å². The van der Waals surface area contributed by atoms with Crippen molar-refractivity contribution in [3.05, 3.63) is 40.3 Å². The molecule has 2 rings (SSSR count). The second-order valence-electron chi connectivity index (χ2n) is 6.21. The summed E-state index contributed by atoms with van der Waals surface area (Å²) in [5, 5.41) is 8.56. The van der Waals surface area contributed by atoms with Crippen molar-refractivity contribution in [2.45, 2.75) is 26.9 Å². The third-order valence-electron chi connectivity index (χ3n) is 3.82. The minimum absolute atomic E-state index is 0.155. The van der Waals surface area contributed by atoms with Crippen molar-refractivity contribution in [1.82, 2.24) is 15.1 Å². The first kappa shape index (κ1) is 18.4. The summed E-state index contributed by atoms with van der Waals surface area (Å²) >= 11 is 5.83. The Balaban J connectivity index is 2.36. The van der Waals surface area contributed by atoms with Crippen LogP contribution in [0.3, 0.4) is 0 Å². The molecule has 1 heterocycles. The van der Waals surface area contributed by atoms with Crippen molar-refractivity contribution < 1.29 is 9.53 Å². The largest absolute Gasteiger partial charge is 0.383 e. The van der Waals surface area contributed by atoms with E-state index in [0.29, 0.717) is 24.2 Å². The molecule has 0 atom stereocenters. The summed E-state index contributed by atoms with van der Waals surface area (Å²) in [5.74, 6) is 0.0680. The van der Waals surface area contributed by atoms with Gasteiger partial charge in [0.1, 0.15) is 0 Å². The van der Waals surface area contributed by atoms with E-state index in [1.165, 1.54) is 4.68 Å². The highest BCUT2D eigenvalue weighted by atomic mass is 35.5. The van der Waals surface area contributed by atoms with Crippen molar-refractivity contribution in [1.29, 1.82) is 0 Å². The quantitative estimate of drug-likeness (QED) is 0.773. The first-order chi connectivity index (χ1) is 11.4. The Hall–Kier alpha value is -1.92. The molecule has 6 nitrogen and oxygen atoms in total. The maximum Gasteiger partial charge on any atom is 0.274 e. The zero-order chi connectivity index (χ0) is 17.7. The number of carbonyl (C=O) groups is 1. The van der Waals surface area contributed by atoms with Crippen LogP contribution < -0.4 is 10.9 Å². The summed E-state index contributed by atoms with van der Waals surface area (Å²) in [7, 11) is 1.57. The highest BCUT2D eigenvalue weighted by Gasteiger charge is 2.26. The van der Waals surface area contributed by atoms with Gasteiger partial charge in [-0.1, -0.05) is 18.2 Å². The monoisotopic (exact) mass is 351 g/mol. The number of aromatic nitrogens is 2. The van der Waals surface area contributed by atoms with Gasteiger partial charge >= 0.3 is 0 Å². The predicted octanol–water partition coefficient (Wildman–Crippen LogP) is 1.92. The Morgan fingerprint density at radius 1 is 1.33 bits per heavy atom. The van der Waals surface area contributed by atoms with E-state index in [2.05, 4.69) is 10.4 Å². The second-order valence-corrected chi connectivity index (χ2v) is 6.48. The molecule has 1 amide bonds. The molecule has 130 valence electrons. The van der Waals surface area contributed by atoms with Crippen LogP contribution in [0, 0.1) is 5.41 Å². The molecule has 1 aromatic heterocycles. The van der Waals surface area contributed by atoms with E-state index in [4.69, 9.17) is 16.3 Å². The van der Waals surface area contributed by atoms with E-state index in [0.717, 1.165) is 5.39 Å². The van der Waals surface area contributed by atoms with Crippen LogP contribution in [0.5, 0.6) is 0 Å². The molecular weight excluding hydrogens is 330 g/mol. The van der Waals surface area contributed by atoms with Gasteiger partial charge in [-0.25, -0.2) is 4.68 Å². The summed E-state index contributed by atoms with van der Waals surface area (Å²) in [5.41, 5.74) is -0.194. The van der Waals surface area contributed by atoms with E-state index in [-0.39, 0.29) is 23.9 Å². The number of nitrogens with zero attached hydrogens (tertiary/aromatic N) is 2. The third kappa shape index (κ3) is 3.94. The molecule has 0 radical (unpaired) electrons. The van der Waals surface area contributed by atoms with Crippen LogP contribution in [0.15, 0.2) is 29.1 Å². The fourth-order valence-corrected chi connectivity index (χ4v) is 2.35. The molecule has 2 aromatic rings. The number of rotatable bonds is 7. The Morgan fingerprint density at radius 3 is 2.62 bits per heavy atom. The molecule has 0 aliphatic carbocycles. The fraction of sp³-hybridized carbons (Fsp3) is 0.471. The fourth-order valence-electron chi connectivity index (χ4n) is 2.23. The van der Waals surface area contributed by atoms with Crippen LogP contribution in [0.2, 0.25) is 0 Å². The average Bonchev–Trinajstić information content (AvgIpc) is 2.60. The van der Waals surface area contributed by atoms with Crippen LogP contribution >= 0.6 is 11.6 Å². The van der Waals surface area contributed by atoms with Crippen molar-refractivity contribution in [3.8, 4) is 0 Å². The number of nitrogens with one attached hydrogen (secondary N) is 1. The van der Waals surface area contributed by atoms with Gasteiger partial charge in [-0.3, -0.25) is 9.59 Å². The summed E-state index contributed by atoms with van der Waals surface area (Å²) < 4.78 is 6.40. The van der Waals surface area contributed by atoms with Crippen molar-refractivity contribution in [2.24, 2.45) is 5.41 Å². The molecule has 0 aliphatic rings. The lowest BCUT2D eigenvalue weighted by atomic mass is 9.95. The highest BCUT2D eigenvalue weighted by Crippen LogP contribution is 2.18. The number of benzene rings is 1. The first-order valence-corrected chi connectivity index (χ1v) is 8.26. The van der Waals surface area contributed by atoms with E-state index in [1.807, 2.05) is 18.2 Å². The van der Waals surface area contributed by atoms with Gasteiger partial charge in [0.05, 0.1) is 36.2 Å². The SMILES string of the molecule is COCCn1nc(CNC(=O)C(C)(C)CCl)c2ccccc2c1=O. The number of amides is 1. The smallest absolute Gasteiger partial charge is 0.274 e. The normalized spacial score (nSPS) is 11.7. The molecule has 0 saturated carbocycles. The summed E-state index contributed by atoms with van der Waals surface area (Å²) in [4.78, 5) is 24.7. The van der Waals surface area contributed by atoms with Crippen LogP contribution in [-0.4, -0.2) is 35.3 Å². The molecule has 0 unspecified atom stereocenters. The number of carbonyl (C=O) groups excluding carboxylic acids is 1. The minimum Gasteiger partial charge on any atom is -0.383 e. The number of hydrogen-bond acceptors (Lipinski definition) is 4. The predicted molar refractivity (Wildman–Crippen MR) is 94.2 cm³/mol. The molecule has 0 fully saturated rings. The molecular formula is C17H22ClN3O3. The minimum atomic E-state index is -0.665. The Morgan fingerprint density at radius 2 is 2.00 bits per heavy atom. The van der Waals surface area contributed by atoms with Gasteiger partial charge in [0.15, 0.2) is 0 Å². The highest BCUT2D eigenvalue weighted by molar-refractivity contribution is 6.19. The molecule has 0 saturated heterocycles. The van der Waals surface area contributed by atoms with Gasteiger partial charge in [-0.2, -0.15) is 5.10 Å². The lowest BCUT2D eigenvalue weighted by Gasteiger charge is -2.20. The zero-order valence-electron chi connectivity index (χ0n) is 14.1. The van der Waals surface area contributed by atoms with E-state index in [1.54, 1.807) is 27.0 Å². The Labute approximate surface area is 145 Å². The topological polar surface area (TPSA) is 73.2 Å². The second kappa shape index (κ2) is 7.77. The average molecular weight is 352 g/mol. The van der Waals surface area contributed by atoms with Crippen molar-refractivity contribution >= 4 is 28.3 Å². The van der Waals surface area contributed by atoms with Gasteiger partial charge in [-0.15, -0.1) is 11.6 Å². The lowest BCUT2D eigenvalue weighted by Crippen LogP contribution is -2.38. The van der Waals surface area contributed by atoms with E-state index < -0.39 is 5.41 Å². The molecule has 1 N–H and O–H groups in total. The Bertz CT molecular complexity index is 786. The van der Waals surface area contributed by atoms with Crippen LogP contribution in [0.1, 0.15) is 19.5 Å².